The van der Waals surface area contributed by atoms with Gasteiger partial charge in [0.15, 0.2) is 0 Å². The molecule has 0 aliphatic carbocycles. The van der Waals surface area contributed by atoms with Crippen molar-refractivity contribution >= 4 is 31.0 Å². The molecule has 0 N–H and O–H groups in total. The van der Waals surface area contributed by atoms with Crippen molar-refractivity contribution in [1.82, 2.24) is 0 Å². The second-order valence-electron chi connectivity index (χ2n) is 6.84. The Balaban J connectivity index is 2.32. The lowest BCUT2D eigenvalue weighted by Gasteiger charge is -2.44. The van der Waals surface area contributed by atoms with Crippen molar-refractivity contribution in [2.45, 2.75) is 20.0 Å². The lowest BCUT2D eigenvalue weighted by Crippen LogP contribution is -2.80. The van der Waals surface area contributed by atoms with Crippen LogP contribution in [0.2, 0.25) is 13.1 Å². The van der Waals surface area contributed by atoms with E-state index >= 15 is 0 Å². The van der Waals surface area contributed by atoms with E-state index in [4.69, 9.17) is 4.43 Å². The van der Waals surface area contributed by atoms with Crippen molar-refractivity contribution < 1.29 is 4.43 Å². The number of rotatable bonds is 6. The Morgan fingerprint density at radius 3 is 1.32 bits per heavy atom. The smallest absolute Gasteiger partial charge is 0.245 e. The second kappa shape index (κ2) is 7.52. The van der Waals surface area contributed by atoms with Gasteiger partial charge in [0.05, 0.1) is 0 Å². The van der Waals surface area contributed by atoms with Crippen molar-refractivity contribution in [3.63, 3.8) is 0 Å². The van der Waals surface area contributed by atoms with Crippen LogP contribution >= 0.6 is 0 Å². The van der Waals surface area contributed by atoms with Gasteiger partial charge < -0.3 is 4.43 Å². The maximum atomic E-state index is 6.82. The Morgan fingerprint density at radius 1 is 0.600 bits per heavy atom. The first-order chi connectivity index (χ1) is 12.1. The normalized spacial score (nSPS) is 12.1. The summed E-state index contributed by atoms with van der Waals surface area (Å²) < 4.78 is 6.82. The highest BCUT2D eigenvalue weighted by Crippen LogP contribution is 2.22. The van der Waals surface area contributed by atoms with Gasteiger partial charge in [0.2, 0.25) is 7.83 Å². The molecule has 0 atom stereocenters. The van der Waals surface area contributed by atoms with Crippen LogP contribution in [0.5, 0.6) is 0 Å². The van der Waals surface area contributed by atoms with Gasteiger partial charge in [-0.05, 0) is 17.3 Å². The zero-order valence-electron chi connectivity index (χ0n) is 15.3. The maximum absolute atomic E-state index is 6.82. The largest absolute Gasteiger partial charge is 0.411 e. The third-order valence-corrected chi connectivity index (χ3v) is 20.0. The van der Waals surface area contributed by atoms with Gasteiger partial charge in [-0.3, -0.25) is 0 Å². The zero-order chi connectivity index (χ0) is 17.8. The van der Waals surface area contributed by atoms with E-state index < -0.39 is 15.4 Å². The fourth-order valence-electron chi connectivity index (χ4n) is 3.86. The minimum absolute atomic E-state index is 0.735. The molecular formula is C22H26OSi2. The van der Waals surface area contributed by atoms with Crippen molar-refractivity contribution in [3.05, 3.63) is 91.0 Å². The van der Waals surface area contributed by atoms with Gasteiger partial charge in [-0.1, -0.05) is 109 Å². The molecule has 0 fully saturated rings. The van der Waals surface area contributed by atoms with Gasteiger partial charge in [-0.25, -0.2) is 0 Å². The van der Waals surface area contributed by atoms with Crippen LogP contribution in [-0.2, 0) is 4.43 Å². The highest BCUT2D eigenvalue weighted by molar-refractivity contribution is 7.52. The summed E-state index contributed by atoms with van der Waals surface area (Å²) in [5, 5.41) is 4.22. The zero-order valence-corrected chi connectivity index (χ0v) is 17.3. The van der Waals surface area contributed by atoms with Crippen LogP contribution < -0.4 is 15.6 Å². The molecule has 0 bridgehead atoms. The molecule has 0 radical (unpaired) electrons. The van der Waals surface area contributed by atoms with E-state index in [9.17, 15) is 0 Å². The van der Waals surface area contributed by atoms with Crippen molar-refractivity contribution in [1.29, 1.82) is 0 Å². The third kappa shape index (κ3) is 3.15. The summed E-state index contributed by atoms with van der Waals surface area (Å²) in [6, 6.07) is 32.9. The molecule has 3 aromatic carbocycles. The van der Waals surface area contributed by atoms with Gasteiger partial charge >= 0.3 is 0 Å². The van der Waals surface area contributed by atoms with Crippen LogP contribution in [-0.4, -0.2) is 22.0 Å². The molecular weight excluding hydrogens is 336 g/mol. The standard InChI is InChI=1S/C22H26OSi2/c1-4-23-25(21-16-10-6-11-17-21,22-18-12-7-13-19-22)24(2,3)20-14-8-5-9-15-20/h5-19H,4H2,1-3H3. The average molecular weight is 363 g/mol. The third-order valence-electron chi connectivity index (χ3n) is 5.10. The van der Waals surface area contributed by atoms with E-state index in [0.717, 1.165) is 6.61 Å². The Bertz CT molecular complexity index is 747. The predicted octanol–water partition coefficient (Wildman–Crippen LogP) is 3.48. The Hall–Kier alpha value is -1.95. The van der Waals surface area contributed by atoms with Crippen LogP contribution in [0.4, 0.5) is 0 Å². The summed E-state index contributed by atoms with van der Waals surface area (Å²) in [4.78, 5) is 0. The molecule has 1 nitrogen and oxygen atoms in total. The molecule has 0 aliphatic rings. The van der Waals surface area contributed by atoms with E-state index in [1.54, 1.807) is 0 Å². The molecule has 3 heteroatoms. The van der Waals surface area contributed by atoms with Crippen LogP contribution in [0.25, 0.3) is 0 Å². The first-order valence-corrected chi connectivity index (χ1v) is 14.8. The van der Waals surface area contributed by atoms with E-state index in [1.807, 2.05) is 0 Å². The minimum atomic E-state index is -2.38. The molecule has 0 heterocycles. The summed E-state index contributed by atoms with van der Waals surface area (Å²) in [5.41, 5.74) is 0. The summed E-state index contributed by atoms with van der Waals surface area (Å²) in [7, 11) is -4.32. The van der Waals surface area contributed by atoms with Crippen LogP contribution in [0.15, 0.2) is 91.0 Å². The highest BCUT2D eigenvalue weighted by Gasteiger charge is 2.54. The van der Waals surface area contributed by atoms with E-state index in [0.29, 0.717) is 0 Å². The average Bonchev–Trinajstić information content (AvgIpc) is 2.68. The lowest BCUT2D eigenvalue weighted by molar-refractivity contribution is 0.350. The van der Waals surface area contributed by atoms with E-state index in [2.05, 4.69) is 111 Å². The quantitative estimate of drug-likeness (QED) is 0.610. The molecule has 0 spiro atoms. The molecule has 0 saturated heterocycles. The second-order valence-corrected chi connectivity index (χ2v) is 19.3. The molecule has 128 valence electrons. The number of hydrogen-bond donors (Lipinski definition) is 0. The van der Waals surface area contributed by atoms with Gasteiger partial charge in [0.25, 0.3) is 0 Å². The molecule has 0 aliphatic heterocycles. The summed E-state index contributed by atoms with van der Waals surface area (Å²) in [6.07, 6.45) is 0. The highest BCUT2D eigenvalue weighted by atomic mass is 29.3. The van der Waals surface area contributed by atoms with E-state index in [1.165, 1.54) is 15.6 Å². The molecule has 0 amide bonds. The summed E-state index contributed by atoms with van der Waals surface area (Å²) >= 11 is 0. The molecule has 3 aromatic rings. The topological polar surface area (TPSA) is 9.23 Å². The monoisotopic (exact) mass is 362 g/mol. The molecule has 0 aromatic heterocycles. The number of benzene rings is 3. The van der Waals surface area contributed by atoms with Crippen molar-refractivity contribution in [3.8, 4) is 0 Å². The first-order valence-electron chi connectivity index (χ1n) is 8.93. The Kier molecular flexibility index (Phi) is 5.37. The minimum Gasteiger partial charge on any atom is -0.411 e. The van der Waals surface area contributed by atoms with Crippen LogP contribution in [0, 0.1) is 0 Å². The van der Waals surface area contributed by atoms with Gasteiger partial charge in [0, 0.05) is 6.61 Å². The number of hydrogen-bond acceptors (Lipinski definition) is 1. The summed E-state index contributed by atoms with van der Waals surface area (Å²) in [5.74, 6) is 0. The van der Waals surface area contributed by atoms with Gasteiger partial charge in [-0.2, -0.15) is 0 Å². The Labute approximate surface area is 153 Å². The molecule has 25 heavy (non-hydrogen) atoms. The molecule has 0 unspecified atom stereocenters. The fourth-order valence-corrected chi connectivity index (χ4v) is 18.1. The first kappa shape index (κ1) is 17.9. The van der Waals surface area contributed by atoms with Crippen LogP contribution in [0.3, 0.4) is 0 Å². The van der Waals surface area contributed by atoms with Crippen LogP contribution in [0.1, 0.15) is 6.92 Å². The SMILES string of the molecule is CCO[Si](c1ccccc1)(c1ccccc1)[Si](C)(C)c1ccccc1. The molecule has 0 saturated carbocycles. The van der Waals surface area contributed by atoms with Crippen molar-refractivity contribution in [2.75, 3.05) is 6.61 Å². The van der Waals surface area contributed by atoms with E-state index in [-0.39, 0.29) is 0 Å². The Morgan fingerprint density at radius 2 is 0.960 bits per heavy atom. The summed E-state index contributed by atoms with van der Waals surface area (Å²) in [6.45, 7) is 7.82. The fraction of sp³-hybridized carbons (Fsp3) is 0.182. The maximum Gasteiger partial charge on any atom is 0.245 e. The van der Waals surface area contributed by atoms with Gasteiger partial charge in [0.1, 0.15) is 7.59 Å². The van der Waals surface area contributed by atoms with Crippen molar-refractivity contribution in [2.24, 2.45) is 0 Å². The predicted molar refractivity (Wildman–Crippen MR) is 113 cm³/mol. The van der Waals surface area contributed by atoms with Gasteiger partial charge in [-0.15, -0.1) is 0 Å². The molecule has 3 rings (SSSR count). The lowest BCUT2D eigenvalue weighted by atomic mass is 10.4.